The summed E-state index contributed by atoms with van der Waals surface area (Å²) < 4.78 is 23.8. The smallest absolute Gasteiger partial charge is 0.179 e. The van der Waals surface area contributed by atoms with Crippen LogP contribution in [0.2, 0.25) is 0 Å². The maximum atomic E-state index is 11.9. The minimum absolute atomic E-state index is 0.0282. The van der Waals surface area contributed by atoms with Gasteiger partial charge in [-0.05, 0) is 26.0 Å². The highest BCUT2D eigenvalue weighted by Crippen LogP contribution is 2.09. The van der Waals surface area contributed by atoms with Gasteiger partial charge < -0.3 is 10.4 Å². The summed E-state index contributed by atoms with van der Waals surface area (Å²) in [5.41, 5.74) is -0.452. The minimum atomic E-state index is -3.24. The molecule has 1 aromatic rings. The average Bonchev–Trinajstić information content (AvgIpc) is 2.30. The second-order valence-electron chi connectivity index (χ2n) is 4.60. The second kappa shape index (κ2) is 5.62. The molecule has 96 valence electrons. The van der Waals surface area contributed by atoms with E-state index < -0.39 is 15.4 Å². The SMILES string of the molecule is CC(C)(CO)NCCS(=O)(=O)c1ccccc1. The zero-order chi connectivity index (χ0) is 12.9. The molecule has 17 heavy (non-hydrogen) atoms. The summed E-state index contributed by atoms with van der Waals surface area (Å²) in [5.74, 6) is 0.0282. The fraction of sp³-hybridized carbons (Fsp3) is 0.500. The molecule has 0 amide bonds. The number of hydrogen-bond donors (Lipinski definition) is 2. The van der Waals surface area contributed by atoms with Crippen molar-refractivity contribution in [1.82, 2.24) is 5.32 Å². The molecule has 0 aromatic heterocycles. The van der Waals surface area contributed by atoms with Gasteiger partial charge in [0.1, 0.15) is 0 Å². The summed E-state index contributed by atoms with van der Waals surface area (Å²) in [7, 11) is -3.24. The maximum absolute atomic E-state index is 11.9. The predicted molar refractivity (Wildman–Crippen MR) is 67.7 cm³/mol. The third kappa shape index (κ3) is 4.46. The normalized spacial score (nSPS) is 12.6. The van der Waals surface area contributed by atoms with Crippen LogP contribution >= 0.6 is 0 Å². The number of aliphatic hydroxyl groups excluding tert-OH is 1. The lowest BCUT2D eigenvalue weighted by molar-refractivity contribution is 0.191. The van der Waals surface area contributed by atoms with Crippen LogP contribution in [0.4, 0.5) is 0 Å². The monoisotopic (exact) mass is 257 g/mol. The molecule has 0 heterocycles. The Balaban J connectivity index is 2.58. The molecule has 4 nitrogen and oxygen atoms in total. The van der Waals surface area contributed by atoms with E-state index in [1.807, 2.05) is 13.8 Å². The molecule has 0 atom stereocenters. The first-order valence-corrected chi connectivity index (χ1v) is 7.16. The molecule has 0 radical (unpaired) electrons. The zero-order valence-corrected chi connectivity index (χ0v) is 11.0. The highest BCUT2D eigenvalue weighted by molar-refractivity contribution is 7.91. The number of sulfone groups is 1. The molecule has 0 aliphatic heterocycles. The van der Waals surface area contributed by atoms with Crippen molar-refractivity contribution < 1.29 is 13.5 Å². The van der Waals surface area contributed by atoms with E-state index in [1.54, 1.807) is 30.3 Å². The summed E-state index contributed by atoms with van der Waals surface area (Å²) in [6.45, 7) is 3.94. The molecule has 5 heteroatoms. The zero-order valence-electron chi connectivity index (χ0n) is 10.2. The Morgan fingerprint density at radius 3 is 2.35 bits per heavy atom. The Bertz CT molecular complexity index is 440. The molecular weight excluding hydrogens is 238 g/mol. The van der Waals surface area contributed by atoms with Crippen LogP contribution in [0.15, 0.2) is 35.2 Å². The van der Waals surface area contributed by atoms with Gasteiger partial charge in [-0.25, -0.2) is 8.42 Å². The van der Waals surface area contributed by atoms with Gasteiger partial charge in [0.15, 0.2) is 9.84 Å². The van der Waals surface area contributed by atoms with Crippen LogP contribution in [0.1, 0.15) is 13.8 Å². The largest absolute Gasteiger partial charge is 0.394 e. The van der Waals surface area contributed by atoms with Gasteiger partial charge in [0, 0.05) is 12.1 Å². The third-order valence-electron chi connectivity index (χ3n) is 2.47. The van der Waals surface area contributed by atoms with Crippen LogP contribution in [-0.2, 0) is 9.84 Å². The van der Waals surface area contributed by atoms with E-state index in [0.29, 0.717) is 11.4 Å². The Morgan fingerprint density at radius 1 is 1.24 bits per heavy atom. The van der Waals surface area contributed by atoms with Crippen LogP contribution in [0.3, 0.4) is 0 Å². The minimum Gasteiger partial charge on any atom is -0.394 e. The molecule has 0 spiro atoms. The van der Waals surface area contributed by atoms with E-state index in [-0.39, 0.29) is 12.4 Å². The van der Waals surface area contributed by atoms with E-state index in [2.05, 4.69) is 5.32 Å². The lowest BCUT2D eigenvalue weighted by Crippen LogP contribution is -2.44. The molecule has 0 saturated carbocycles. The molecule has 1 aromatic carbocycles. The van der Waals surface area contributed by atoms with Gasteiger partial charge in [0.2, 0.25) is 0 Å². The quantitative estimate of drug-likeness (QED) is 0.792. The van der Waals surface area contributed by atoms with Crippen LogP contribution in [-0.4, -0.2) is 38.0 Å². The van der Waals surface area contributed by atoms with Crippen LogP contribution < -0.4 is 5.32 Å². The molecule has 1 rings (SSSR count). The Labute approximate surface area is 103 Å². The van der Waals surface area contributed by atoms with Crippen LogP contribution in [0, 0.1) is 0 Å². The summed E-state index contributed by atoms with van der Waals surface area (Å²) in [5, 5.41) is 12.0. The molecule has 0 saturated heterocycles. The first kappa shape index (κ1) is 14.2. The molecular formula is C12H19NO3S. The first-order chi connectivity index (χ1) is 7.87. The van der Waals surface area contributed by atoms with Crippen molar-refractivity contribution in [3.63, 3.8) is 0 Å². The van der Waals surface area contributed by atoms with Crippen molar-refractivity contribution >= 4 is 9.84 Å². The summed E-state index contributed by atoms with van der Waals surface area (Å²) in [6.07, 6.45) is 0. The van der Waals surface area contributed by atoms with Crippen LogP contribution in [0.5, 0.6) is 0 Å². The van der Waals surface area contributed by atoms with Gasteiger partial charge in [-0.15, -0.1) is 0 Å². The third-order valence-corrected chi connectivity index (χ3v) is 4.20. The predicted octanol–water partition coefficient (Wildman–Crippen LogP) is 0.821. The van der Waals surface area contributed by atoms with Crippen molar-refractivity contribution in [2.24, 2.45) is 0 Å². The Kier molecular flexibility index (Phi) is 4.68. The molecule has 0 unspecified atom stereocenters. The molecule has 0 aliphatic carbocycles. The van der Waals surface area contributed by atoms with Crippen molar-refractivity contribution in [2.75, 3.05) is 18.9 Å². The Morgan fingerprint density at radius 2 is 1.82 bits per heavy atom. The van der Waals surface area contributed by atoms with Gasteiger partial charge in [0.25, 0.3) is 0 Å². The van der Waals surface area contributed by atoms with E-state index in [1.165, 1.54) is 0 Å². The number of benzene rings is 1. The van der Waals surface area contributed by atoms with Gasteiger partial charge >= 0.3 is 0 Å². The van der Waals surface area contributed by atoms with Gasteiger partial charge in [-0.3, -0.25) is 0 Å². The van der Waals surface area contributed by atoms with Gasteiger partial charge in [-0.2, -0.15) is 0 Å². The van der Waals surface area contributed by atoms with E-state index in [0.717, 1.165) is 0 Å². The average molecular weight is 257 g/mol. The van der Waals surface area contributed by atoms with Gasteiger partial charge in [0.05, 0.1) is 17.3 Å². The first-order valence-electron chi connectivity index (χ1n) is 5.51. The topological polar surface area (TPSA) is 66.4 Å². The number of aliphatic hydroxyl groups is 1. The second-order valence-corrected chi connectivity index (χ2v) is 6.71. The van der Waals surface area contributed by atoms with Crippen molar-refractivity contribution in [2.45, 2.75) is 24.3 Å². The fourth-order valence-corrected chi connectivity index (χ4v) is 2.50. The van der Waals surface area contributed by atoms with Crippen molar-refractivity contribution in [1.29, 1.82) is 0 Å². The molecule has 0 fully saturated rings. The standard InChI is InChI=1S/C12H19NO3S/c1-12(2,10-14)13-8-9-17(15,16)11-6-4-3-5-7-11/h3-7,13-14H,8-10H2,1-2H3. The van der Waals surface area contributed by atoms with E-state index in [4.69, 9.17) is 5.11 Å². The highest BCUT2D eigenvalue weighted by atomic mass is 32.2. The van der Waals surface area contributed by atoms with E-state index in [9.17, 15) is 8.42 Å². The Hall–Kier alpha value is -0.910. The fourth-order valence-electron chi connectivity index (χ4n) is 1.33. The lowest BCUT2D eigenvalue weighted by Gasteiger charge is -2.23. The highest BCUT2D eigenvalue weighted by Gasteiger charge is 2.18. The van der Waals surface area contributed by atoms with Gasteiger partial charge in [-0.1, -0.05) is 18.2 Å². The van der Waals surface area contributed by atoms with E-state index >= 15 is 0 Å². The number of nitrogens with one attached hydrogen (secondary N) is 1. The summed E-state index contributed by atoms with van der Waals surface area (Å²) in [4.78, 5) is 0.337. The number of hydrogen-bond acceptors (Lipinski definition) is 4. The van der Waals surface area contributed by atoms with Crippen molar-refractivity contribution in [3.05, 3.63) is 30.3 Å². The summed E-state index contributed by atoms with van der Waals surface area (Å²) >= 11 is 0. The lowest BCUT2D eigenvalue weighted by atomic mass is 10.1. The molecule has 2 N–H and O–H groups in total. The molecule has 0 bridgehead atoms. The molecule has 0 aliphatic rings. The summed E-state index contributed by atoms with van der Waals surface area (Å²) in [6, 6.07) is 8.38. The maximum Gasteiger partial charge on any atom is 0.179 e. The van der Waals surface area contributed by atoms with Crippen molar-refractivity contribution in [3.8, 4) is 0 Å². The number of rotatable bonds is 6. The van der Waals surface area contributed by atoms with Crippen LogP contribution in [0.25, 0.3) is 0 Å².